The smallest absolute Gasteiger partial charge is 0.0540 e. The van der Waals surface area contributed by atoms with E-state index in [1.807, 2.05) is 0 Å². The van der Waals surface area contributed by atoms with Gasteiger partial charge in [0, 0.05) is 30.4 Å². The fourth-order valence-electron chi connectivity index (χ4n) is 3.57. The molecule has 2 aliphatic rings. The van der Waals surface area contributed by atoms with Crippen LogP contribution in [0.5, 0.6) is 0 Å². The molecule has 0 bridgehead atoms. The number of hydrogen-bond donors (Lipinski definition) is 1. The fraction of sp³-hybridized carbons (Fsp3) is 0.800. The van der Waals surface area contributed by atoms with Crippen molar-refractivity contribution in [3.8, 4) is 0 Å². The number of rotatable bonds is 2. The molecule has 4 nitrogen and oxygen atoms in total. The molecular weight excluding hydrogens is 236 g/mol. The summed E-state index contributed by atoms with van der Waals surface area (Å²) in [7, 11) is 4.31. The Labute approximate surface area is 116 Å². The van der Waals surface area contributed by atoms with Crippen LogP contribution in [0.3, 0.4) is 0 Å². The first-order valence-electron chi connectivity index (χ1n) is 7.69. The lowest BCUT2D eigenvalue weighted by molar-refractivity contribution is 0.333. The molecule has 19 heavy (non-hydrogen) atoms. The summed E-state index contributed by atoms with van der Waals surface area (Å²) >= 11 is 0. The van der Waals surface area contributed by atoms with Crippen LogP contribution in [-0.4, -0.2) is 40.9 Å². The highest BCUT2D eigenvalue weighted by Crippen LogP contribution is 2.30. The van der Waals surface area contributed by atoms with Gasteiger partial charge < -0.3 is 10.2 Å². The molecule has 1 aliphatic heterocycles. The van der Waals surface area contributed by atoms with Gasteiger partial charge in [-0.05, 0) is 58.7 Å². The monoisotopic (exact) mass is 262 g/mol. The average Bonchev–Trinajstić information content (AvgIpc) is 2.66. The van der Waals surface area contributed by atoms with Gasteiger partial charge >= 0.3 is 0 Å². The molecule has 0 radical (unpaired) electrons. The minimum atomic E-state index is 0.533. The minimum Gasteiger partial charge on any atom is -0.307 e. The average molecular weight is 262 g/mol. The molecule has 2 unspecified atom stereocenters. The highest BCUT2D eigenvalue weighted by atomic mass is 15.3. The van der Waals surface area contributed by atoms with E-state index in [4.69, 9.17) is 0 Å². The van der Waals surface area contributed by atoms with Crippen LogP contribution in [0, 0.1) is 0 Å². The highest BCUT2D eigenvalue weighted by molar-refractivity contribution is 5.24. The van der Waals surface area contributed by atoms with E-state index in [0.717, 1.165) is 0 Å². The summed E-state index contributed by atoms with van der Waals surface area (Å²) in [6.45, 7) is 2.48. The molecule has 1 fully saturated rings. The third kappa shape index (κ3) is 2.84. The van der Waals surface area contributed by atoms with Crippen molar-refractivity contribution in [3.63, 3.8) is 0 Å². The van der Waals surface area contributed by atoms with Crippen LogP contribution in [0.4, 0.5) is 0 Å². The molecular formula is C15H26N4. The van der Waals surface area contributed by atoms with Gasteiger partial charge in [-0.3, -0.25) is 4.68 Å². The van der Waals surface area contributed by atoms with Crippen molar-refractivity contribution in [1.29, 1.82) is 0 Å². The van der Waals surface area contributed by atoms with Crippen molar-refractivity contribution < 1.29 is 0 Å². The van der Waals surface area contributed by atoms with Crippen LogP contribution >= 0.6 is 0 Å². The summed E-state index contributed by atoms with van der Waals surface area (Å²) in [5, 5.41) is 8.35. The van der Waals surface area contributed by atoms with Crippen LogP contribution < -0.4 is 5.32 Å². The van der Waals surface area contributed by atoms with Crippen molar-refractivity contribution in [2.45, 2.75) is 50.6 Å². The number of fused-ring (bicyclic) bond motifs is 1. The first-order chi connectivity index (χ1) is 9.24. The molecule has 1 aliphatic carbocycles. The van der Waals surface area contributed by atoms with Gasteiger partial charge in [0.1, 0.15) is 0 Å². The molecule has 2 atom stereocenters. The van der Waals surface area contributed by atoms with Gasteiger partial charge in [0.2, 0.25) is 0 Å². The first kappa shape index (κ1) is 13.1. The maximum Gasteiger partial charge on any atom is 0.0540 e. The third-order valence-electron chi connectivity index (χ3n) is 4.76. The Bertz CT molecular complexity index is 426. The van der Waals surface area contributed by atoms with Crippen LogP contribution in [0.1, 0.15) is 49.4 Å². The molecule has 3 rings (SSSR count). The summed E-state index contributed by atoms with van der Waals surface area (Å²) in [6, 6.07) is 1.21. The van der Waals surface area contributed by atoms with E-state index in [1.165, 1.54) is 62.9 Å². The van der Waals surface area contributed by atoms with E-state index in [-0.39, 0.29) is 0 Å². The van der Waals surface area contributed by atoms with E-state index in [1.54, 1.807) is 0 Å². The van der Waals surface area contributed by atoms with Crippen molar-refractivity contribution in [2.24, 2.45) is 7.05 Å². The Morgan fingerprint density at radius 2 is 2.05 bits per heavy atom. The molecule has 0 saturated carbocycles. The Morgan fingerprint density at radius 1 is 1.16 bits per heavy atom. The van der Waals surface area contributed by atoms with Crippen molar-refractivity contribution >= 4 is 0 Å². The van der Waals surface area contributed by atoms with Gasteiger partial charge in [-0.15, -0.1) is 0 Å². The van der Waals surface area contributed by atoms with Gasteiger partial charge in [-0.1, -0.05) is 0 Å². The van der Waals surface area contributed by atoms with Crippen LogP contribution in [0.15, 0.2) is 6.20 Å². The highest BCUT2D eigenvalue weighted by Gasteiger charge is 2.26. The summed E-state index contributed by atoms with van der Waals surface area (Å²) < 4.78 is 2.06. The third-order valence-corrected chi connectivity index (χ3v) is 4.76. The Balaban J connectivity index is 1.67. The lowest BCUT2D eigenvalue weighted by Gasteiger charge is -2.28. The van der Waals surface area contributed by atoms with E-state index in [2.05, 4.69) is 40.3 Å². The van der Waals surface area contributed by atoms with Crippen LogP contribution in [0.2, 0.25) is 0 Å². The molecule has 1 saturated heterocycles. The summed E-state index contributed by atoms with van der Waals surface area (Å²) in [5.74, 6) is 0. The number of aromatic nitrogens is 2. The molecule has 1 N–H and O–H groups in total. The van der Waals surface area contributed by atoms with Crippen molar-refractivity contribution in [3.05, 3.63) is 17.5 Å². The van der Waals surface area contributed by atoms with Gasteiger partial charge in [-0.25, -0.2) is 0 Å². The zero-order valence-corrected chi connectivity index (χ0v) is 12.2. The second-order valence-electron chi connectivity index (χ2n) is 6.21. The van der Waals surface area contributed by atoms with Gasteiger partial charge in [0.15, 0.2) is 0 Å². The predicted molar refractivity (Wildman–Crippen MR) is 77.2 cm³/mol. The molecule has 2 heterocycles. The van der Waals surface area contributed by atoms with Crippen molar-refractivity contribution in [2.75, 3.05) is 20.1 Å². The number of nitrogens with one attached hydrogen (secondary N) is 1. The lowest BCUT2D eigenvalue weighted by Crippen LogP contribution is -2.35. The van der Waals surface area contributed by atoms with Gasteiger partial charge in [0.25, 0.3) is 0 Å². The number of aryl methyl sites for hydroxylation is 1. The molecule has 4 heteroatoms. The molecule has 0 aromatic carbocycles. The first-order valence-corrected chi connectivity index (χ1v) is 7.69. The zero-order chi connectivity index (χ0) is 13.2. The Kier molecular flexibility index (Phi) is 3.89. The normalized spacial score (nSPS) is 28.9. The molecule has 1 aromatic heterocycles. The fourth-order valence-corrected chi connectivity index (χ4v) is 3.57. The zero-order valence-electron chi connectivity index (χ0n) is 12.2. The van der Waals surface area contributed by atoms with E-state index < -0.39 is 0 Å². The topological polar surface area (TPSA) is 33.1 Å². The van der Waals surface area contributed by atoms with Crippen LogP contribution in [-0.2, 0) is 13.5 Å². The second-order valence-corrected chi connectivity index (χ2v) is 6.21. The largest absolute Gasteiger partial charge is 0.307 e. The number of hydrogen-bond acceptors (Lipinski definition) is 3. The SMILES string of the molecule is CN1CCCC(NC2CCCc3c2cnn3C)CC1. The molecule has 1 aromatic rings. The van der Waals surface area contributed by atoms with Crippen molar-refractivity contribution in [1.82, 2.24) is 20.0 Å². The Hall–Kier alpha value is -0.870. The minimum absolute atomic E-state index is 0.533. The van der Waals surface area contributed by atoms with Gasteiger partial charge in [-0.2, -0.15) is 5.10 Å². The van der Waals surface area contributed by atoms with E-state index in [0.29, 0.717) is 12.1 Å². The van der Waals surface area contributed by atoms with E-state index in [9.17, 15) is 0 Å². The van der Waals surface area contributed by atoms with Gasteiger partial charge in [0.05, 0.1) is 6.20 Å². The maximum atomic E-state index is 4.44. The Morgan fingerprint density at radius 3 is 2.95 bits per heavy atom. The second kappa shape index (κ2) is 5.63. The molecule has 106 valence electrons. The molecule has 0 amide bonds. The summed E-state index contributed by atoms with van der Waals surface area (Å²) in [4.78, 5) is 2.46. The summed E-state index contributed by atoms with van der Waals surface area (Å²) in [5.41, 5.74) is 2.89. The predicted octanol–water partition coefficient (Wildman–Crippen LogP) is 1.87. The maximum absolute atomic E-state index is 4.44. The molecule has 0 spiro atoms. The van der Waals surface area contributed by atoms with E-state index >= 15 is 0 Å². The number of nitrogens with zero attached hydrogens (tertiary/aromatic N) is 3. The number of likely N-dealkylation sites (tertiary alicyclic amines) is 1. The lowest BCUT2D eigenvalue weighted by atomic mass is 9.92. The quantitative estimate of drug-likeness (QED) is 0.883. The summed E-state index contributed by atoms with van der Waals surface area (Å²) in [6.07, 6.45) is 9.74. The standard InChI is InChI=1S/C15H26N4/c1-18-9-4-5-12(8-10-18)17-14-6-3-7-15-13(14)11-16-19(15)2/h11-12,14,17H,3-10H2,1-2H3. The van der Waals surface area contributed by atoms with Crippen LogP contribution in [0.25, 0.3) is 0 Å².